The third kappa shape index (κ3) is 10.5. The molecule has 0 heterocycles. The zero-order valence-corrected chi connectivity index (χ0v) is 24.3. The number of hydrogen-bond donors (Lipinski definition) is 0. The van der Waals surface area contributed by atoms with Crippen molar-refractivity contribution in [2.45, 2.75) is 55.7 Å². The Labute approximate surface area is 241 Å². The average molecular weight is 563 g/mol. The van der Waals surface area contributed by atoms with E-state index in [1.54, 1.807) is 38.8 Å². The van der Waals surface area contributed by atoms with Crippen LogP contribution in [0.4, 0.5) is 0 Å². The highest BCUT2D eigenvalue weighted by Crippen LogP contribution is 2.33. The maximum Gasteiger partial charge on any atom is 0.338 e. The quantitative estimate of drug-likeness (QED) is 0.130. The van der Waals surface area contributed by atoms with Crippen LogP contribution >= 0.6 is 11.8 Å². The lowest BCUT2D eigenvalue weighted by atomic mass is 10.1. The molecule has 0 N–H and O–H groups in total. The molecule has 40 heavy (non-hydrogen) atoms. The van der Waals surface area contributed by atoms with Crippen molar-refractivity contribution in [1.82, 2.24) is 0 Å². The Morgan fingerprint density at radius 1 is 0.875 bits per heavy atom. The molecule has 3 rings (SSSR count). The third-order valence-corrected chi connectivity index (χ3v) is 6.94. The van der Waals surface area contributed by atoms with Gasteiger partial charge in [0.05, 0.1) is 32.5 Å². The summed E-state index contributed by atoms with van der Waals surface area (Å²) in [7, 11) is 1.66. The molecule has 0 fully saturated rings. The van der Waals surface area contributed by atoms with Gasteiger partial charge in [0.25, 0.3) is 0 Å². The van der Waals surface area contributed by atoms with Crippen LogP contribution in [0.1, 0.15) is 61.0 Å². The molecule has 3 aromatic rings. The van der Waals surface area contributed by atoms with Crippen LogP contribution in [0.3, 0.4) is 0 Å². The predicted octanol–water partition coefficient (Wildman–Crippen LogP) is 7.78. The summed E-state index contributed by atoms with van der Waals surface area (Å²) in [6, 6.07) is 21.4. The first-order valence-corrected chi connectivity index (χ1v) is 14.5. The number of allylic oxidation sites excluding steroid dienone is 1. The fourth-order valence-electron chi connectivity index (χ4n) is 3.94. The first-order chi connectivity index (χ1) is 19.5. The minimum atomic E-state index is -0.333. The first-order valence-electron chi connectivity index (χ1n) is 13.7. The highest BCUT2D eigenvalue weighted by atomic mass is 32.2. The Hall–Kier alpha value is -3.71. The molecule has 0 bridgehead atoms. The van der Waals surface area contributed by atoms with Crippen LogP contribution in [-0.4, -0.2) is 38.9 Å². The van der Waals surface area contributed by atoms with Crippen LogP contribution < -0.4 is 9.47 Å². The zero-order valence-electron chi connectivity index (χ0n) is 23.5. The van der Waals surface area contributed by atoms with Crippen molar-refractivity contribution in [3.05, 3.63) is 89.5 Å². The van der Waals surface area contributed by atoms with Gasteiger partial charge in [-0.05, 0) is 99.2 Å². The largest absolute Gasteiger partial charge is 0.497 e. The molecule has 0 unspecified atom stereocenters. The van der Waals surface area contributed by atoms with Gasteiger partial charge in [0, 0.05) is 16.2 Å². The van der Waals surface area contributed by atoms with Crippen molar-refractivity contribution in [1.29, 1.82) is 0 Å². The van der Waals surface area contributed by atoms with Gasteiger partial charge < -0.3 is 18.9 Å². The lowest BCUT2D eigenvalue weighted by Crippen LogP contribution is -2.07. The van der Waals surface area contributed by atoms with Crippen molar-refractivity contribution >= 4 is 29.8 Å². The van der Waals surface area contributed by atoms with Crippen LogP contribution in [0.15, 0.2) is 82.6 Å². The second-order valence-electron chi connectivity index (χ2n) is 8.94. The summed E-state index contributed by atoms with van der Waals surface area (Å²) >= 11 is 1.55. The Balaban J connectivity index is 1.58. The van der Waals surface area contributed by atoms with Crippen LogP contribution in [-0.2, 0) is 20.7 Å². The molecule has 0 saturated heterocycles. The summed E-state index contributed by atoms with van der Waals surface area (Å²) in [5.41, 5.74) is 2.63. The van der Waals surface area contributed by atoms with Crippen molar-refractivity contribution in [2.24, 2.45) is 0 Å². The predicted molar refractivity (Wildman–Crippen MR) is 159 cm³/mol. The Bertz CT molecular complexity index is 1250. The third-order valence-electron chi connectivity index (χ3n) is 5.97. The number of unbranched alkanes of at least 4 members (excludes halogenated alkanes) is 2. The second kappa shape index (κ2) is 17.1. The highest BCUT2D eigenvalue weighted by Gasteiger charge is 2.12. The SMILES string of the molecule is CCOC(=O)CCc1cc(Sc2cccc(C(=O)OCC)c2)ccc1OCCCC/C=C/c1ccc(OC)cc1. The Morgan fingerprint density at radius 2 is 1.65 bits per heavy atom. The molecule has 0 aliphatic rings. The number of esters is 2. The van der Waals surface area contributed by atoms with Crippen LogP contribution in [0, 0.1) is 0 Å². The molecule has 0 amide bonds. The second-order valence-corrected chi connectivity index (χ2v) is 10.1. The van der Waals surface area contributed by atoms with Crippen molar-refractivity contribution in [3.63, 3.8) is 0 Å². The van der Waals surface area contributed by atoms with Gasteiger partial charge in [0.15, 0.2) is 0 Å². The van der Waals surface area contributed by atoms with E-state index in [4.69, 9.17) is 18.9 Å². The standard InChI is InChI=1S/C33H38O6S/c1-4-37-32(34)21-16-26-23-30(40-29-13-10-12-27(24-29)33(35)38-5-2)19-20-31(26)39-22-9-7-6-8-11-25-14-17-28(36-3)18-15-25/h8,10-15,17-20,23-24H,4-7,9,16,21-22H2,1-3H3/b11-8+. The molecule has 0 spiro atoms. The van der Waals surface area contributed by atoms with E-state index in [0.29, 0.717) is 31.8 Å². The van der Waals surface area contributed by atoms with Crippen molar-refractivity contribution in [2.75, 3.05) is 26.9 Å². The molecule has 0 saturated carbocycles. The lowest BCUT2D eigenvalue weighted by Gasteiger charge is -2.13. The fraction of sp³-hybridized carbons (Fsp3) is 0.333. The smallest absolute Gasteiger partial charge is 0.338 e. The van der Waals surface area contributed by atoms with Gasteiger partial charge >= 0.3 is 11.9 Å². The maximum atomic E-state index is 12.1. The molecule has 212 valence electrons. The summed E-state index contributed by atoms with van der Waals surface area (Å²) in [5, 5.41) is 0. The van der Waals surface area contributed by atoms with Gasteiger partial charge in [0.2, 0.25) is 0 Å². The Morgan fingerprint density at radius 3 is 2.40 bits per heavy atom. The van der Waals surface area contributed by atoms with E-state index >= 15 is 0 Å². The average Bonchev–Trinajstić information content (AvgIpc) is 2.97. The summed E-state index contributed by atoms with van der Waals surface area (Å²) in [5.74, 6) is 1.07. The summed E-state index contributed by atoms with van der Waals surface area (Å²) in [6.45, 7) is 4.89. The van der Waals surface area contributed by atoms with E-state index in [-0.39, 0.29) is 18.4 Å². The van der Waals surface area contributed by atoms with E-state index in [2.05, 4.69) is 12.2 Å². The summed E-state index contributed by atoms with van der Waals surface area (Å²) in [4.78, 5) is 26.1. The summed E-state index contributed by atoms with van der Waals surface area (Å²) < 4.78 is 21.6. The number of carbonyl (C=O) groups is 2. The maximum absolute atomic E-state index is 12.1. The highest BCUT2D eigenvalue weighted by molar-refractivity contribution is 7.99. The molecule has 0 atom stereocenters. The van der Waals surface area contributed by atoms with E-state index in [1.807, 2.05) is 60.7 Å². The number of carbonyl (C=O) groups excluding carboxylic acids is 2. The Kier molecular flexibility index (Phi) is 13.2. The van der Waals surface area contributed by atoms with Gasteiger partial charge in [-0.2, -0.15) is 0 Å². The van der Waals surface area contributed by atoms with Gasteiger partial charge in [-0.25, -0.2) is 4.79 Å². The number of benzene rings is 3. The van der Waals surface area contributed by atoms with Gasteiger partial charge in [-0.3, -0.25) is 4.79 Å². The van der Waals surface area contributed by atoms with Crippen LogP contribution in [0.5, 0.6) is 11.5 Å². The van der Waals surface area contributed by atoms with Gasteiger partial charge in [-0.1, -0.05) is 42.1 Å². The molecule has 0 aliphatic carbocycles. The molecular formula is C33H38O6S. The molecular weight excluding hydrogens is 524 g/mol. The monoisotopic (exact) mass is 562 g/mol. The van der Waals surface area contributed by atoms with Crippen LogP contribution in [0.2, 0.25) is 0 Å². The summed E-state index contributed by atoms with van der Waals surface area (Å²) in [6.07, 6.45) is 7.99. The van der Waals surface area contributed by atoms with Crippen molar-refractivity contribution in [3.8, 4) is 11.5 Å². The fourth-order valence-corrected chi connectivity index (χ4v) is 4.89. The number of hydrogen-bond acceptors (Lipinski definition) is 7. The number of ether oxygens (including phenoxy) is 4. The number of rotatable bonds is 16. The van der Waals surface area contributed by atoms with E-state index in [9.17, 15) is 9.59 Å². The zero-order chi connectivity index (χ0) is 28.6. The molecule has 6 nitrogen and oxygen atoms in total. The van der Waals surface area contributed by atoms with Crippen LogP contribution in [0.25, 0.3) is 6.08 Å². The normalized spacial score (nSPS) is 10.9. The first kappa shape index (κ1) is 30.8. The number of aryl methyl sites for hydroxylation is 1. The minimum absolute atomic E-state index is 0.225. The van der Waals surface area contributed by atoms with E-state index in [1.165, 1.54) is 0 Å². The minimum Gasteiger partial charge on any atom is -0.497 e. The van der Waals surface area contributed by atoms with Crippen molar-refractivity contribution < 1.29 is 28.5 Å². The molecule has 0 radical (unpaired) electrons. The van der Waals surface area contributed by atoms with Gasteiger partial charge in [-0.15, -0.1) is 0 Å². The molecule has 7 heteroatoms. The lowest BCUT2D eigenvalue weighted by molar-refractivity contribution is -0.143. The van der Waals surface area contributed by atoms with E-state index < -0.39 is 0 Å². The van der Waals surface area contributed by atoms with Gasteiger partial charge in [0.1, 0.15) is 11.5 Å². The molecule has 0 aliphatic heterocycles. The topological polar surface area (TPSA) is 71.1 Å². The number of methoxy groups -OCH3 is 1. The molecule has 3 aromatic carbocycles. The molecule has 0 aromatic heterocycles. The van der Waals surface area contributed by atoms with E-state index in [0.717, 1.165) is 51.7 Å².